The first-order valence-corrected chi connectivity index (χ1v) is 6.43. The molecule has 0 aromatic heterocycles. The summed E-state index contributed by atoms with van der Waals surface area (Å²) in [5, 5.41) is 9.42. The van der Waals surface area contributed by atoms with Crippen molar-refractivity contribution in [2.24, 2.45) is 0 Å². The molecule has 19 heavy (non-hydrogen) atoms. The first kappa shape index (κ1) is 12.1. The summed E-state index contributed by atoms with van der Waals surface area (Å²) in [5.74, 6) is -0.963. The highest BCUT2D eigenvalue weighted by Crippen LogP contribution is 2.38. The molecule has 0 unspecified atom stereocenters. The minimum atomic E-state index is -0.963. The smallest absolute Gasteiger partial charge is 0.335 e. The molecule has 0 fully saturated rings. The summed E-state index contributed by atoms with van der Waals surface area (Å²) in [6.07, 6.45) is 0.979. The number of carbonyl (C=O) groups is 1. The van der Waals surface area contributed by atoms with Gasteiger partial charge < -0.3 is 10.0 Å². The number of hydrogen-bond acceptors (Lipinski definition) is 2. The minimum absolute atomic E-state index is 0.209. The van der Waals surface area contributed by atoms with Gasteiger partial charge in [-0.2, -0.15) is 0 Å². The van der Waals surface area contributed by atoms with Gasteiger partial charge in [0.05, 0.1) is 16.3 Å². The monoisotopic (exact) mass is 273 g/mol. The molecule has 0 aliphatic carbocycles. The lowest BCUT2D eigenvalue weighted by atomic mass is 10.1. The Morgan fingerprint density at radius 1 is 1.16 bits per heavy atom. The maximum atomic E-state index is 10.9. The van der Waals surface area contributed by atoms with Crippen molar-refractivity contribution in [3.8, 4) is 0 Å². The highest BCUT2D eigenvalue weighted by Gasteiger charge is 2.22. The molecule has 3 rings (SSSR count). The molecular weight excluding hydrogens is 262 g/mol. The van der Waals surface area contributed by atoms with Crippen LogP contribution in [0.3, 0.4) is 0 Å². The third-order valence-corrected chi connectivity index (χ3v) is 3.68. The van der Waals surface area contributed by atoms with Crippen LogP contribution in [0.25, 0.3) is 0 Å². The predicted molar refractivity (Wildman–Crippen MR) is 75.6 cm³/mol. The summed E-state index contributed by atoms with van der Waals surface area (Å²) in [5.41, 5.74) is 3.51. The van der Waals surface area contributed by atoms with E-state index < -0.39 is 5.97 Å². The predicted octanol–water partition coefficient (Wildman–Crippen LogP) is 3.73. The molecule has 0 saturated carbocycles. The molecular formula is C15H12ClNO2. The van der Waals surface area contributed by atoms with Gasteiger partial charge in [0.2, 0.25) is 0 Å². The number of carboxylic acid groups (broad SMARTS) is 1. The first-order chi connectivity index (χ1) is 9.16. The average molecular weight is 274 g/mol. The number of benzene rings is 2. The normalized spacial score (nSPS) is 13.4. The van der Waals surface area contributed by atoms with E-state index in [0.29, 0.717) is 5.02 Å². The number of anilines is 2. The number of fused-ring (bicyclic) bond motifs is 1. The molecule has 4 heteroatoms. The van der Waals surface area contributed by atoms with Crippen LogP contribution in [0.5, 0.6) is 0 Å². The van der Waals surface area contributed by atoms with Gasteiger partial charge in [-0.1, -0.05) is 29.8 Å². The maximum Gasteiger partial charge on any atom is 0.335 e. The van der Waals surface area contributed by atoms with Crippen molar-refractivity contribution >= 4 is 28.9 Å². The fourth-order valence-electron chi connectivity index (χ4n) is 2.45. The molecule has 0 amide bonds. The van der Waals surface area contributed by atoms with Gasteiger partial charge in [-0.3, -0.25) is 0 Å². The molecule has 2 aromatic carbocycles. The van der Waals surface area contributed by atoms with Crippen molar-refractivity contribution in [2.45, 2.75) is 6.42 Å². The van der Waals surface area contributed by atoms with Gasteiger partial charge in [-0.05, 0) is 36.2 Å². The molecule has 0 atom stereocenters. The second-order valence-electron chi connectivity index (χ2n) is 4.50. The Kier molecular flexibility index (Phi) is 2.91. The molecule has 2 aromatic rings. The van der Waals surface area contributed by atoms with E-state index >= 15 is 0 Å². The second kappa shape index (κ2) is 4.59. The third kappa shape index (κ3) is 2.06. The van der Waals surface area contributed by atoms with Crippen LogP contribution in [0.15, 0.2) is 42.5 Å². The summed E-state index contributed by atoms with van der Waals surface area (Å²) in [6, 6.07) is 13.0. The van der Waals surface area contributed by atoms with E-state index in [0.717, 1.165) is 24.3 Å². The summed E-state index contributed by atoms with van der Waals surface area (Å²) in [4.78, 5) is 13.0. The van der Waals surface area contributed by atoms with Gasteiger partial charge >= 0.3 is 5.97 Å². The van der Waals surface area contributed by atoms with Crippen LogP contribution in [0, 0.1) is 0 Å². The first-order valence-electron chi connectivity index (χ1n) is 6.05. The fourth-order valence-corrected chi connectivity index (χ4v) is 2.73. The fraction of sp³-hybridized carbons (Fsp3) is 0.133. The van der Waals surface area contributed by atoms with E-state index in [-0.39, 0.29) is 5.56 Å². The SMILES string of the molecule is O=C(O)c1ccc(N2CCc3ccccc32)c(Cl)c1. The number of halogens is 1. The van der Waals surface area contributed by atoms with Gasteiger partial charge in [-0.25, -0.2) is 4.79 Å². The molecule has 0 bridgehead atoms. The molecule has 96 valence electrons. The minimum Gasteiger partial charge on any atom is -0.478 e. The van der Waals surface area contributed by atoms with E-state index in [4.69, 9.17) is 16.7 Å². The molecule has 3 nitrogen and oxygen atoms in total. The van der Waals surface area contributed by atoms with E-state index in [1.54, 1.807) is 12.1 Å². The lowest BCUT2D eigenvalue weighted by Crippen LogP contribution is -2.14. The average Bonchev–Trinajstić information content (AvgIpc) is 2.82. The molecule has 0 spiro atoms. The van der Waals surface area contributed by atoms with Crippen LogP contribution in [-0.2, 0) is 6.42 Å². The second-order valence-corrected chi connectivity index (χ2v) is 4.91. The number of hydrogen-bond donors (Lipinski definition) is 1. The van der Waals surface area contributed by atoms with Crippen LogP contribution < -0.4 is 4.90 Å². The van der Waals surface area contributed by atoms with Crippen molar-refractivity contribution in [1.82, 2.24) is 0 Å². The Morgan fingerprint density at radius 2 is 1.95 bits per heavy atom. The third-order valence-electron chi connectivity index (χ3n) is 3.37. The van der Waals surface area contributed by atoms with E-state index in [2.05, 4.69) is 17.0 Å². The Balaban J connectivity index is 2.03. The Labute approximate surface area is 116 Å². The van der Waals surface area contributed by atoms with Gasteiger partial charge in [0, 0.05) is 12.2 Å². The topological polar surface area (TPSA) is 40.5 Å². The summed E-state index contributed by atoms with van der Waals surface area (Å²) in [7, 11) is 0. The van der Waals surface area contributed by atoms with Gasteiger partial charge in [0.25, 0.3) is 0 Å². The Bertz CT molecular complexity index is 654. The number of nitrogens with zero attached hydrogens (tertiary/aromatic N) is 1. The molecule has 1 heterocycles. The van der Waals surface area contributed by atoms with Crippen molar-refractivity contribution in [2.75, 3.05) is 11.4 Å². The number of aromatic carboxylic acids is 1. The van der Waals surface area contributed by atoms with Gasteiger partial charge in [-0.15, -0.1) is 0 Å². The van der Waals surface area contributed by atoms with Crippen LogP contribution >= 0.6 is 11.6 Å². The van der Waals surface area contributed by atoms with Gasteiger partial charge in [0.15, 0.2) is 0 Å². The zero-order valence-corrected chi connectivity index (χ0v) is 10.9. The van der Waals surface area contributed by atoms with Crippen molar-refractivity contribution < 1.29 is 9.90 Å². The van der Waals surface area contributed by atoms with E-state index in [1.165, 1.54) is 11.6 Å². The van der Waals surface area contributed by atoms with Crippen LogP contribution in [-0.4, -0.2) is 17.6 Å². The largest absolute Gasteiger partial charge is 0.478 e. The zero-order valence-electron chi connectivity index (χ0n) is 10.1. The van der Waals surface area contributed by atoms with Crippen LogP contribution in [0.2, 0.25) is 5.02 Å². The number of rotatable bonds is 2. The number of para-hydroxylation sites is 1. The zero-order chi connectivity index (χ0) is 13.4. The number of carboxylic acids is 1. The standard InChI is InChI=1S/C15H12ClNO2/c16-12-9-11(15(18)19)5-6-14(12)17-8-7-10-3-1-2-4-13(10)17/h1-6,9H,7-8H2,(H,18,19). The lowest BCUT2D eigenvalue weighted by Gasteiger charge is -2.21. The van der Waals surface area contributed by atoms with Crippen molar-refractivity contribution in [3.63, 3.8) is 0 Å². The summed E-state index contributed by atoms with van der Waals surface area (Å²) in [6.45, 7) is 0.867. The van der Waals surface area contributed by atoms with Crippen LogP contribution in [0.4, 0.5) is 11.4 Å². The van der Waals surface area contributed by atoms with Crippen LogP contribution in [0.1, 0.15) is 15.9 Å². The van der Waals surface area contributed by atoms with Crippen molar-refractivity contribution in [1.29, 1.82) is 0 Å². The summed E-state index contributed by atoms with van der Waals surface area (Å²) < 4.78 is 0. The molecule has 0 saturated heterocycles. The van der Waals surface area contributed by atoms with E-state index in [1.807, 2.05) is 12.1 Å². The quantitative estimate of drug-likeness (QED) is 0.906. The maximum absolute atomic E-state index is 10.9. The molecule has 0 radical (unpaired) electrons. The Morgan fingerprint density at radius 3 is 2.68 bits per heavy atom. The molecule has 1 aliphatic rings. The molecule has 1 N–H and O–H groups in total. The Hall–Kier alpha value is -2.00. The highest BCUT2D eigenvalue weighted by atomic mass is 35.5. The summed E-state index contributed by atoms with van der Waals surface area (Å²) >= 11 is 6.22. The lowest BCUT2D eigenvalue weighted by molar-refractivity contribution is 0.0697. The van der Waals surface area contributed by atoms with E-state index in [9.17, 15) is 4.79 Å². The van der Waals surface area contributed by atoms with Crippen molar-refractivity contribution in [3.05, 3.63) is 58.6 Å². The van der Waals surface area contributed by atoms with Gasteiger partial charge in [0.1, 0.15) is 0 Å². The highest BCUT2D eigenvalue weighted by molar-refractivity contribution is 6.33. The molecule has 1 aliphatic heterocycles.